The second kappa shape index (κ2) is 44.9. The van der Waals surface area contributed by atoms with Gasteiger partial charge in [-0.2, -0.15) is 4.58 Å². The Morgan fingerprint density at radius 3 is 1.42 bits per heavy atom. The predicted molar refractivity (Wildman–Crippen MR) is 562 cm³/mol. The zero-order chi connectivity index (χ0) is 101. The van der Waals surface area contributed by atoms with Crippen LogP contribution in [0.4, 0.5) is 11.4 Å². The summed E-state index contributed by atoms with van der Waals surface area (Å²) in [5.74, 6) is -3.02. The van der Waals surface area contributed by atoms with Gasteiger partial charge in [-0.25, -0.2) is 20.0 Å². The lowest BCUT2D eigenvalue weighted by Gasteiger charge is -2.27. The van der Waals surface area contributed by atoms with Crippen LogP contribution in [0.25, 0.3) is 0 Å². The van der Waals surface area contributed by atoms with E-state index in [9.17, 15) is 49.8 Å². The van der Waals surface area contributed by atoms with Crippen LogP contribution in [0.1, 0.15) is 237 Å². The van der Waals surface area contributed by atoms with Gasteiger partial charge in [0.25, 0.3) is 0 Å². The number of fused-ring (bicyclic) bond motifs is 12. The van der Waals surface area contributed by atoms with Gasteiger partial charge in [-0.05, 0) is 171 Å². The lowest BCUT2D eigenvalue weighted by Crippen LogP contribution is -2.27. The maximum Gasteiger partial charge on any atom is 0.310 e. The molecule has 0 saturated carbocycles. The molecule has 2 unspecified atom stereocenters. The third-order valence-corrected chi connectivity index (χ3v) is 30.7. The van der Waals surface area contributed by atoms with Crippen LogP contribution >= 0.6 is 0 Å². The number of methoxy groups -OCH3 is 4. The van der Waals surface area contributed by atoms with Crippen LogP contribution in [0.2, 0.25) is 0 Å². The molecule has 8 N–H and O–H groups in total. The molecule has 0 aromatic heterocycles. The Kier molecular flexibility index (Phi) is 33.0. The number of nitrogens with zero attached hydrogens (tertiary/aromatic N) is 12. The molecule has 2 saturated heterocycles. The van der Waals surface area contributed by atoms with Crippen molar-refractivity contribution in [2.75, 3.05) is 72.6 Å². The van der Waals surface area contributed by atoms with Crippen molar-refractivity contribution in [2.24, 2.45) is 97.3 Å². The Balaban J connectivity index is 0.615. The Morgan fingerprint density at radius 1 is 0.511 bits per heavy atom. The van der Waals surface area contributed by atoms with Crippen molar-refractivity contribution in [1.29, 1.82) is 0 Å². The third-order valence-electron chi connectivity index (χ3n) is 30.7. The summed E-state index contributed by atoms with van der Waals surface area (Å²) in [4.78, 5) is 106. The van der Waals surface area contributed by atoms with Gasteiger partial charge in [-0.3, -0.25) is 49.1 Å². The molecule has 0 radical (unpaired) electrons. The fourth-order valence-corrected chi connectivity index (χ4v) is 22.6. The van der Waals surface area contributed by atoms with E-state index in [1.165, 1.54) is 62.3 Å². The van der Waals surface area contributed by atoms with Gasteiger partial charge in [0.1, 0.15) is 6.54 Å². The van der Waals surface area contributed by atoms with Gasteiger partial charge >= 0.3 is 23.9 Å². The molecular formula is C113H143N14O14+. The van der Waals surface area contributed by atoms with Crippen LogP contribution in [0.3, 0.4) is 0 Å². The fourth-order valence-electron chi connectivity index (χ4n) is 22.6. The maximum absolute atomic E-state index is 13.8. The maximum atomic E-state index is 13.8. The summed E-state index contributed by atoms with van der Waals surface area (Å²) in [6, 6.07) is 16.2. The number of esters is 4. The first-order valence-electron chi connectivity index (χ1n) is 50.3. The molecule has 2 aromatic rings. The number of unbranched alkanes of at least 4 members (excludes halogenated alkanes) is 4. The van der Waals surface area contributed by atoms with Gasteiger partial charge in [0.05, 0.1) is 142 Å². The van der Waals surface area contributed by atoms with E-state index in [1.54, 1.807) is 13.8 Å². The number of carbonyl (C=O) groups excluding carboxylic acids is 4. The smallest absolute Gasteiger partial charge is 0.310 e. The largest absolute Gasteiger partial charge is 0.512 e. The van der Waals surface area contributed by atoms with Crippen LogP contribution in [0.15, 0.2) is 272 Å². The zero-order valence-electron chi connectivity index (χ0n) is 85.9. The highest BCUT2D eigenvalue weighted by Gasteiger charge is 2.48. The Hall–Kier alpha value is -13.0. The number of aliphatic imine (C=N–C) groups is 10. The Bertz CT molecular complexity index is 6240. The predicted octanol–water partition coefficient (Wildman–Crippen LogP) is 21.0. The fraction of sp³-hybridized carbons (Fsp3) is 0.496. The van der Waals surface area contributed by atoms with E-state index in [1.807, 2.05) is 52.0 Å². The van der Waals surface area contributed by atoms with Crippen molar-refractivity contribution in [3.8, 4) is 0 Å². The number of carbonyl (C=O) groups is 4. The molecule has 28 heteroatoms. The normalized spacial score (nSPS) is 26.8. The highest BCUT2D eigenvalue weighted by Crippen LogP contribution is 2.51. The minimum Gasteiger partial charge on any atom is -0.512 e. The summed E-state index contributed by atoms with van der Waals surface area (Å²) >= 11 is 0. The standard InChI is InChI=1S/C113H142N14O14/c1-21-72-62(3)80-60-90-102(70(11)128)66(7)84(120-90)56-82-64(5)74(44-46-98(132)138-17)106(122-82)76(54-100(134)140-19)108-104(68(9)86(124-108)58-88(72)118-80)110(136)116-50-48-114-96(130)42-28-24-34-52-126-92-38-32-30-36-78(92)112(13,14)94(126)40-26-23-27-41-95-113(15,16)79-37-31-33-39-93(79)127(95)53-35-25-29-43-97(131)115-49-51-117-111(137)105-69(10)87-59-89-73(22-2)63(4)81(119-89)61-91-103(71(12)129)67(8)85(121-91)57-83-65(6)75(45-47-99(133)139-18)107(123-83)77(109(105)125-87)55-101(135)141-20/h23,26-27,30-33,36-41,56-57,60-65,72-75,86-87H,21-22,24-25,28-29,34-35,42-55,58-59H2,1-20H3,(H7-,114,115,116,117,120,121,122,123,124,125,128,129,130,131,136,137)/p+1/b80-60-,81-61-,82-56-,83-57-/t62-,63-,64+,65+,72-,73-,74+,75+,86?,87?/m1/s1. The lowest BCUT2D eigenvalue weighted by molar-refractivity contribution is -0.438. The highest BCUT2D eigenvalue weighted by molar-refractivity contribution is 6.31. The number of rotatable bonds is 35. The highest BCUT2D eigenvalue weighted by atomic mass is 16.5. The first kappa shape index (κ1) is 104. The van der Waals surface area contributed by atoms with E-state index in [0.717, 1.165) is 108 Å². The van der Waals surface area contributed by atoms with Crippen molar-refractivity contribution >= 4 is 98.8 Å². The first-order valence-corrected chi connectivity index (χ1v) is 50.3. The number of hydrogen-bond donors (Lipinski definition) is 8. The number of aliphatic hydroxyl groups is 6. The van der Waals surface area contributed by atoms with Gasteiger partial charge in [0.15, 0.2) is 17.5 Å². The minimum absolute atomic E-state index is 0.00611. The number of allylic oxidation sites excluding steroid dienone is 22. The zero-order valence-corrected chi connectivity index (χ0v) is 85.9. The number of benzene rings is 2. The second-order valence-electron chi connectivity index (χ2n) is 40.1. The van der Waals surface area contributed by atoms with Crippen molar-refractivity contribution in [3.05, 3.63) is 233 Å². The van der Waals surface area contributed by atoms with Crippen molar-refractivity contribution < 1.29 is 73.3 Å². The van der Waals surface area contributed by atoms with Gasteiger partial charge in [-0.1, -0.05) is 116 Å². The molecule has 12 heterocycles. The summed E-state index contributed by atoms with van der Waals surface area (Å²) in [5.41, 5.74) is 22.6. The van der Waals surface area contributed by atoms with Crippen LogP contribution in [-0.4, -0.2) is 202 Å². The van der Waals surface area contributed by atoms with Gasteiger partial charge in [0.2, 0.25) is 17.5 Å². The molecule has 14 rings (SSSR count). The van der Waals surface area contributed by atoms with E-state index in [0.29, 0.717) is 130 Å². The lowest BCUT2D eigenvalue weighted by atomic mass is 9.81. The number of para-hydroxylation sites is 2. The van der Waals surface area contributed by atoms with E-state index in [-0.39, 0.29) is 157 Å². The third kappa shape index (κ3) is 21.9. The first-order chi connectivity index (χ1) is 67.5. The van der Waals surface area contributed by atoms with E-state index < -0.39 is 24.0 Å². The number of aliphatic hydroxyl groups excluding tert-OH is 6. The molecule has 10 atom stereocenters. The Morgan fingerprint density at radius 2 is 0.957 bits per heavy atom. The average molecular weight is 1920 g/mol. The van der Waals surface area contributed by atoms with Crippen LogP contribution in [-0.2, 0) is 49.0 Å². The summed E-state index contributed by atoms with van der Waals surface area (Å²) in [6.07, 6.45) is 27.2. The van der Waals surface area contributed by atoms with Crippen molar-refractivity contribution in [2.45, 2.75) is 249 Å². The molecule has 0 spiro atoms. The van der Waals surface area contributed by atoms with E-state index >= 15 is 0 Å². The Labute approximate surface area is 830 Å². The van der Waals surface area contributed by atoms with E-state index in [2.05, 4.69) is 178 Å². The van der Waals surface area contributed by atoms with Crippen molar-refractivity contribution in [3.63, 3.8) is 0 Å². The molecule has 0 amide bonds. The van der Waals surface area contributed by atoms with Crippen molar-refractivity contribution in [1.82, 2.24) is 10.6 Å². The van der Waals surface area contributed by atoms with Gasteiger partial charge in [0, 0.05) is 201 Å². The SMILES string of the molecule is CC[C@H]1C2=N/C(=C\C3=NC(=C(C)C3=C(C)O)/C=C3\NC(=C(CC(=O)OC)C4=NC(C2)C(C)=C4C(O)=NCCN=C(O)CCCCCN2C(=CC=CC=CC4=[N+](CCCCCC(O)=NCCN=C(O)C5=C(C)C6CC7=N/C(=C\C8=NC(=C(C)C8=C(C)O)/C=C8\NC(=C(CC(=O)OC)C5=N6)[C@@H](CCC(=O)OC)[C@@H]8C)[C@H](C)[C@H]7CC)c5ccccc5C4(C)C)C(C)(C)c4ccccc42)[C@@H](CCC(=O)OC)[C@@H]3C)[C@@H]1C. The van der Waals surface area contributed by atoms with Crippen LogP contribution in [0, 0.1) is 47.3 Å². The van der Waals surface area contributed by atoms with Gasteiger partial charge in [-0.15, -0.1) is 0 Å². The second-order valence-corrected chi connectivity index (χ2v) is 40.1. The topological polar surface area (TPSA) is 380 Å². The monoisotopic (exact) mass is 1920 g/mol. The number of hydrogen-bond acceptors (Lipinski definition) is 23. The number of ether oxygens (including phenoxy) is 4. The molecule has 16 bridgehead atoms. The van der Waals surface area contributed by atoms with E-state index in [4.69, 9.17) is 58.9 Å². The summed E-state index contributed by atoms with van der Waals surface area (Å²) in [5, 5.41) is 77.0. The molecular weight excluding hydrogens is 1780 g/mol. The summed E-state index contributed by atoms with van der Waals surface area (Å²) in [7, 11) is 5.39. The molecule has 28 nitrogen and oxygen atoms in total. The van der Waals surface area contributed by atoms with Gasteiger partial charge < -0.3 is 65.1 Å². The average Bonchev–Trinajstić information content (AvgIpc) is 1.60. The summed E-state index contributed by atoms with van der Waals surface area (Å²) < 4.78 is 23.5. The molecule has 12 aliphatic heterocycles. The molecule has 0 aliphatic carbocycles. The number of anilines is 1. The molecule has 748 valence electrons. The molecule has 2 aromatic carbocycles. The van der Waals surface area contributed by atoms with Crippen LogP contribution in [0.5, 0.6) is 0 Å². The molecule has 12 aliphatic rings. The quantitative estimate of drug-likeness (QED) is 0.00464. The minimum atomic E-state index is -0.526. The molecule has 2 fully saturated rings. The van der Waals surface area contributed by atoms with Crippen LogP contribution < -0.4 is 15.5 Å². The number of nitrogens with one attached hydrogen (secondary N) is 2. The molecule has 141 heavy (non-hydrogen) atoms. The summed E-state index contributed by atoms with van der Waals surface area (Å²) in [6.45, 7) is 34.7.